The molecular weight excluding hydrogens is 355 g/mol. The molecule has 0 aliphatic rings. The number of nitrogens with zero attached hydrogens (tertiary/aromatic N) is 2. The maximum atomic E-state index is 13.1. The number of halogens is 1. The van der Waals surface area contributed by atoms with Gasteiger partial charge in [-0.3, -0.25) is 4.79 Å². The van der Waals surface area contributed by atoms with Crippen LogP contribution in [0.5, 0.6) is 0 Å². The summed E-state index contributed by atoms with van der Waals surface area (Å²) in [5.41, 5.74) is 0.952. The Kier molecular flexibility index (Phi) is 6.50. The number of benzene rings is 2. The molecule has 0 aromatic heterocycles. The van der Waals surface area contributed by atoms with E-state index in [4.69, 9.17) is 0 Å². The summed E-state index contributed by atoms with van der Waals surface area (Å²) in [6.07, 6.45) is 0. The van der Waals surface area contributed by atoms with Gasteiger partial charge in [0.05, 0.1) is 4.90 Å². The van der Waals surface area contributed by atoms with E-state index in [0.717, 1.165) is 0 Å². The van der Waals surface area contributed by atoms with Gasteiger partial charge >= 0.3 is 0 Å². The molecule has 5 nitrogen and oxygen atoms in total. The van der Waals surface area contributed by atoms with Crippen LogP contribution in [0.2, 0.25) is 0 Å². The Morgan fingerprint density at radius 2 is 1.42 bits per heavy atom. The van der Waals surface area contributed by atoms with E-state index >= 15 is 0 Å². The highest BCUT2D eigenvalue weighted by Crippen LogP contribution is 2.20. The Morgan fingerprint density at radius 1 is 0.885 bits per heavy atom. The van der Waals surface area contributed by atoms with Crippen molar-refractivity contribution in [3.8, 4) is 0 Å². The molecule has 0 saturated carbocycles. The van der Waals surface area contributed by atoms with Crippen LogP contribution in [-0.2, 0) is 10.0 Å². The van der Waals surface area contributed by atoms with Gasteiger partial charge in [-0.25, -0.2) is 12.8 Å². The van der Waals surface area contributed by atoms with Crippen molar-refractivity contribution in [2.45, 2.75) is 25.7 Å². The summed E-state index contributed by atoms with van der Waals surface area (Å²) < 4.78 is 39.5. The highest BCUT2D eigenvalue weighted by Gasteiger charge is 2.22. The van der Waals surface area contributed by atoms with Crippen LogP contribution in [0.1, 0.15) is 31.1 Å². The van der Waals surface area contributed by atoms with E-state index in [1.807, 2.05) is 6.92 Å². The first kappa shape index (κ1) is 20.1. The number of rotatable bonds is 7. The van der Waals surface area contributed by atoms with Crippen LogP contribution in [0.25, 0.3) is 0 Å². The number of carbonyl (C=O) groups is 1. The molecule has 0 spiro atoms. The Labute approximate surface area is 154 Å². The third-order valence-electron chi connectivity index (χ3n) is 4.14. The quantitative estimate of drug-likeness (QED) is 0.741. The second-order valence-electron chi connectivity index (χ2n) is 5.64. The van der Waals surface area contributed by atoms with Crippen LogP contribution in [0, 0.1) is 5.82 Å². The van der Waals surface area contributed by atoms with Gasteiger partial charge < -0.3 is 4.90 Å². The molecule has 0 aliphatic carbocycles. The van der Waals surface area contributed by atoms with E-state index in [0.29, 0.717) is 30.9 Å². The summed E-state index contributed by atoms with van der Waals surface area (Å²) in [4.78, 5) is 14.4. The van der Waals surface area contributed by atoms with Crippen LogP contribution in [-0.4, -0.2) is 38.3 Å². The van der Waals surface area contributed by atoms with Crippen molar-refractivity contribution in [3.63, 3.8) is 0 Å². The molecule has 2 rings (SSSR count). The second kappa shape index (κ2) is 8.42. The van der Waals surface area contributed by atoms with Gasteiger partial charge in [0.2, 0.25) is 10.0 Å². The van der Waals surface area contributed by atoms with Crippen molar-refractivity contribution < 1.29 is 17.6 Å². The maximum Gasteiger partial charge on any atom is 0.258 e. The van der Waals surface area contributed by atoms with Gasteiger partial charge in [0.25, 0.3) is 5.91 Å². The molecule has 0 radical (unpaired) electrons. The normalized spacial score (nSPS) is 11.6. The number of carbonyl (C=O) groups excluding carboxylic acids is 1. The Balaban J connectivity index is 2.29. The molecule has 0 unspecified atom stereocenters. The fraction of sp³-hybridized carbons (Fsp3) is 0.316. The molecule has 7 heteroatoms. The monoisotopic (exact) mass is 378 g/mol. The fourth-order valence-corrected chi connectivity index (χ4v) is 4.16. The summed E-state index contributed by atoms with van der Waals surface area (Å²) >= 11 is 0. The van der Waals surface area contributed by atoms with Crippen molar-refractivity contribution in [3.05, 3.63) is 59.9 Å². The summed E-state index contributed by atoms with van der Waals surface area (Å²) in [5.74, 6) is -0.644. The molecule has 0 saturated heterocycles. The molecule has 0 fully saturated rings. The molecule has 0 atom stereocenters. The summed E-state index contributed by atoms with van der Waals surface area (Å²) in [6, 6.07) is 11.6. The van der Waals surface area contributed by atoms with E-state index in [9.17, 15) is 17.6 Å². The number of amides is 1. The molecule has 0 bridgehead atoms. The molecule has 26 heavy (non-hydrogen) atoms. The van der Waals surface area contributed by atoms with E-state index < -0.39 is 10.0 Å². The summed E-state index contributed by atoms with van der Waals surface area (Å²) in [6.45, 7) is 6.55. The molecular formula is C19H23FN2O3S. The maximum absolute atomic E-state index is 13.1. The van der Waals surface area contributed by atoms with Crippen LogP contribution in [0.15, 0.2) is 53.4 Å². The third kappa shape index (κ3) is 4.11. The molecule has 140 valence electrons. The first-order valence-electron chi connectivity index (χ1n) is 8.52. The molecule has 2 aromatic carbocycles. The zero-order valence-electron chi connectivity index (χ0n) is 15.1. The van der Waals surface area contributed by atoms with Gasteiger partial charge in [0.15, 0.2) is 0 Å². The van der Waals surface area contributed by atoms with Crippen molar-refractivity contribution in [2.24, 2.45) is 0 Å². The van der Waals surface area contributed by atoms with Crippen molar-refractivity contribution >= 4 is 21.6 Å². The van der Waals surface area contributed by atoms with Gasteiger partial charge in [-0.1, -0.05) is 13.8 Å². The summed E-state index contributed by atoms with van der Waals surface area (Å²) in [5, 5.41) is 0. The minimum Gasteiger partial charge on any atom is -0.309 e. The Hall–Kier alpha value is -2.25. The van der Waals surface area contributed by atoms with Gasteiger partial charge in [-0.2, -0.15) is 4.31 Å². The lowest BCUT2D eigenvalue weighted by Crippen LogP contribution is -2.31. The first-order chi connectivity index (χ1) is 12.3. The van der Waals surface area contributed by atoms with Crippen LogP contribution >= 0.6 is 0 Å². The van der Waals surface area contributed by atoms with E-state index in [1.165, 1.54) is 57.7 Å². The standard InChI is InChI=1S/C19H23FN2O3S/c1-4-21(5-2)26(24,25)18-13-7-15(8-14-18)19(23)22(6-3)17-11-9-16(20)10-12-17/h7-14H,4-6H2,1-3H3. The predicted octanol–water partition coefficient (Wildman–Crippen LogP) is 3.52. The molecule has 0 N–H and O–H groups in total. The molecule has 1 amide bonds. The second-order valence-corrected chi connectivity index (χ2v) is 7.58. The Morgan fingerprint density at radius 3 is 1.88 bits per heavy atom. The van der Waals surface area contributed by atoms with Crippen molar-refractivity contribution in [1.82, 2.24) is 4.31 Å². The van der Waals surface area contributed by atoms with Crippen molar-refractivity contribution in [2.75, 3.05) is 24.5 Å². The van der Waals surface area contributed by atoms with Crippen LogP contribution in [0.4, 0.5) is 10.1 Å². The van der Waals surface area contributed by atoms with Gasteiger partial charge in [-0.05, 0) is 55.5 Å². The van der Waals surface area contributed by atoms with E-state index in [-0.39, 0.29) is 16.6 Å². The van der Waals surface area contributed by atoms with Crippen molar-refractivity contribution in [1.29, 1.82) is 0 Å². The highest BCUT2D eigenvalue weighted by molar-refractivity contribution is 7.89. The van der Waals surface area contributed by atoms with E-state index in [1.54, 1.807) is 13.8 Å². The average molecular weight is 378 g/mol. The Bertz CT molecular complexity index is 845. The fourth-order valence-electron chi connectivity index (χ4n) is 2.70. The van der Waals surface area contributed by atoms with E-state index in [2.05, 4.69) is 0 Å². The summed E-state index contributed by atoms with van der Waals surface area (Å²) in [7, 11) is -3.56. The van der Waals surface area contributed by atoms with Crippen LogP contribution < -0.4 is 4.90 Å². The topological polar surface area (TPSA) is 57.7 Å². The zero-order chi connectivity index (χ0) is 19.3. The van der Waals surface area contributed by atoms with Gasteiger partial charge in [-0.15, -0.1) is 0 Å². The lowest BCUT2D eigenvalue weighted by Gasteiger charge is -2.22. The lowest BCUT2D eigenvalue weighted by atomic mass is 10.2. The first-order valence-corrected chi connectivity index (χ1v) is 9.96. The number of hydrogen-bond acceptors (Lipinski definition) is 3. The number of sulfonamides is 1. The zero-order valence-corrected chi connectivity index (χ0v) is 16.0. The largest absolute Gasteiger partial charge is 0.309 e. The molecule has 2 aromatic rings. The average Bonchev–Trinajstić information content (AvgIpc) is 2.64. The number of hydrogen-bond donors (Lipinski definition) is 0. The van der Waals surface area contributed by atoms with Gasteiger partial charge in [0, 0.05) is 30.9 Å². The predicted molar refractivity (Wildman–Crippen MR) is 100 cm³/mol. The SMILES string of the molecule is CCN(C(=O)c1ccc(S(=O)(=O)N(CC)CC)cc1)c1ccc(F)cc1. The minimum absolute atomic E-state index is 0.155. The third-order valence-corrected chi connectivity index (χ3v) is 6.21. The smallest absolute Gasteiger partial charge is 0.258 e. The molecule has 0 heterocycles. The lowest BCUT2D eigenvalue weighted by molar-refractivity contribution is 0.0988. The highest BCUT2D eigenvalue weighted by atomic mass is 32.2. The number of anilines is 1. The van der Waals surface area contributed by atoms with Gasteiger partial charge in [0.1, 0.15) is 5.82 Å². The molecule has 0 aliphatic heterocycles. The minimum atomic E-state index is -3.56. The van der Waals surface area contributed by atoms with Crippen LogP contribution in [0.3, 0.4) is 0 Å².